The summed E-state index contributed by atoms with van der Waals surface area (Å²) in [5.74, 6) is 1.06. The maximum absolute atomic E-state index is 6.04. The molecule has 1 saturated carbocycles. The number of hydrogen-bond donors (Lipinski definition) is 1. The van der Waals surface area contributed by atoms with E-state index in [1.165, 1.54) is 43.4 Å². The first-order valence-corrected chi connectivity index (χ1v) is 8.44. The van der Waals surface area contributed by atoms with E-state index in [0.29, 0.717) is 0 Å². The second-order valence-corrected chi connectivity index (χ2v) is 7.39. The lowest BCUT2D eigenvalue weighted by atomic mass is 9.85. The van der Waals surface area contributed by atoms with Crippen LogP contribution in [0.4, 0.5) is 0 Å². The molecule has 1 fully saturated rings. The average Bonchev–Trinajstić information content (AvgIpc) is 3.22. The maximum atomic E-state index is 6.04. The van der Waals surface area contributed by atoms with Gasteiger partial charge in [0.1, 0.15) is 5.75 Å². The van der Waals surface area contributed by atoms with Crippen LogP contribution in [-0.2, 0) is 5.41 Å². The van der Waals surface area contributed by atoms with E-state index >= 15 is 0 Å². The van der Waals surface area contributed by atoms with Gasteiger partial charge in [-0.1, -0.05) is 38.5 Å². The Kier molecular flexibility index (Phi) is 5.69. The molecule has 21 heavy (non-hydrogen) atoms. The summed E-state index contributed by atoms with van der Waals surface area (Å²) in [4.78, 5) is 0. The van der Waals surface area contributed by atoms with E-state index < -0.39 is 0 Å². The summed E-state index contributed by atoms with van der Waals surface area (Å²) < 4.78 is 6.04. The van der Waals surface area contributed by atoms with Crippen LogP contribution in [-0.4, -0.2) is 19.2 Å². The Morgan fingerprint density at radius 1 is 1.14 bits per heavy atom. The molecular formula is C19H31NO. The summed E-state index contributed by atoms with van der Waals surface area (Å²) in [6, 6.07) is 7.37. The second-order valence-electron chi connectivity index (χ2n) is 7.39. The average molecular weight is 289 g/mol. The first-order valence-electron chi connectivity index (χ1n) is 8.44. The van der Waals surface area contributed by atoms with E-state index in [9.17, 15) is 0 Å². The minimum absolute atomic E-state index is 0.134. The number of rotatable bonds is 8. The highest BCUT2D eigenvalue weighted by Crippen LogP contribution is 2.32. The minimum Gasteiger partial charge on any atom is -0.493 e. The van der Waals surface area contributed by atoms with Crippen molar-refractivity contribution in [3.05, 3.63) is 29.3 Å². The molecule has 0 bridgehead atoms. The third-order valence-corrected chi connectivity index (χ3v) is 4.03. The van der Waals surface area contributed by atoms with E-state index in [1.807, 2.05) is 0 Å². The molecule has 0 saturated heterocycles. The van der Waals surface area contributed by atoms with Gasteiger partial charge in [-0.2, -0.15) is 0 Å². The van der Waals surface area contributed by atoms with Gasteiger partial charge >= 0.3 is 0 Å². The quantitative estimate of drug-likeness (QED) is 0.707. The third kappa shape index (κ3) is 5.70. The Morgan fingerprint density at radius 2 is 1.90 bits per heavy atom. The van der Waals surface area contributed by atoms with Gasteiger partial charge in [-0.3, -0.25) is 0 Å². The van der Waals surface area contributed by atoms with Crippen LogP contribution >= 0.6 is 0 Å². The highest BCUT2D eigenvalue weighted by Gasteiger charge is 2.20. The summed E-state index contributed by atoms with van der Waals surface area (Å²) in [5, 5.41) is 3.56. The largest absolute Gasteiger partial charge is 0.493 e. The fourth-order valence-electron chi connectivity index (χ4n) is 2.54. The van der Waals surface area contributed by atoms with Gasteiger partial charge in [-0.05, 0) is 62.6 Å². The Balaban J connectivity index is 1.71. The molecule has 0 amide bonds. The van der Waals surface area contributed by atoms with Crippen molar-refractivity contribution in [1.29, 1.82) is 0 Å². The molecule has 2 heteroatoms. The predicted octanol–water partition coefficient (Wildman–Crippen LogP) is 4.59. The van der Waals surface area contributed by atoms with Crippen molar-refractivity contribution in [3.8, 4) is 5.75 Å². The van der Waals surface area contributed by atoms with Crippen LogP contribution in [0.5, 0.6) is 5.75 Å². The zero-order valence-corrected chi connectivity index (χ0v) is 14.2. The van der Waals surface area contributed by atoms with Crippen LogP contribution in [0.25, 0.3) is 0 Å². The minimum atomic E-state index is 0.134. The lowest BCUT2D eigenvalue weighted by molar-refractivity contribution is 0.297. The lowest BCUT2D eigenvalue weighted by Gasteiger charge is -2.23. The molecule has 0 heterocycles. The van der Waals surface area contributed by atoms with Crippen LogP contribution in [0.1, 0.15) is 64.0 Å². The van der Waals surface area contributed by atoms with E-state index in [2.05, 4.69) is 51.2 Å². The number of nitrogens with one attached hydrogen (secondary N) is 1. The van der Waals surface area contributed by atoms with Gasteiger partial charge in [0.25, 0.3) is 0 Å². The molecule has 0 aromatic heterocycles. The molecule has 0 atom stereocenters. The molecule has 1 aromatic carbocycles. The summed E-state index contributed by atoms with van der Waals surface area (Å²) in [7, 11) is 0. The molecule has 1 aliphatic carbocycles. The zero-order valence-electron chi connectivity index (χ0n) is 14.2. The van der Waals surface area contributed by atoms with Gasteiger partial charge in [0.2, 0.25) is 0 Å². The van der Waals surface area contributed by atoms with Gasteiger partial charge in [0.05, 0.1) is 6.61 Å². The van der Waals surface area contributed by atoms with Crippen molar-refractivity contribution in [3.63, 3.8) is 0 Å². The normalized spacial score (nSPS) is 15.2. The first kappa shape index (κ1) is 16.4. The summed E-state index contributed by atoms with van der Waals surface area (Å²) in [6.45, 7) is 10.9. The van der Waals surface area contributed by atoms with Gasteiger partial charge < -0.3 is 10.1 Å². The molecule has 2 rings (SSSR count). The Morgan fingerprint density at radius 3 is 2.57 bits per heavy atom. The molecule has 1 N–H and O–H groups in total. The predicted molar refractivity (Wildman–Crippen MR) is 90.2 cm³/mol. The SMILES string of the molecule is Cc1ccc(OCCCCCNC2CC2)c(C(C)(C)C)c1. The second kappa shape index (κ2) is 7.31. The Hall–Kier alpha value is -1.02. The monoisotopic (exact) mass is 289 g/mol. The first-order chi connectivity index (χ1) is 9.97. The van der Waals surface area contributed by atoms with Gasteiger partial charge in [0.15, 0.2) is 0 Å². The van der Waals surface area contributed by atoms with E-state index in [-0.39, 0.29) is 5.41 Å². The number of unbranched alkanes of at least 4 members (excludes halogenated alkanes) is 2. The highest BCUT2D eigenvalue weighted by molar-refractivity contribution is 5.41. The highest BCUT2D eigenvalue weighted by atomic mass is 16.5. The molecule has 0 radical (unpaired) electrons. The molecule has 1 aromatic rings. The lowest BCUT2D eigenvalue weighted by Crippen LogP contribution is -2.17. The fraction of sp³-hybridized carbons (Fsp3) is 0.684. The van der Waals surface area contributed by atoms with Crippen molar-refractivity contribution in [2.45, 2.75) is 71.3 Å². The molecule has 118 valence electrons. The van der Waals surface area contributed by atoms with Crippen LogP contribution < -0.4 is 10.1 Å². The van der Waals surface area contributed by atoms with Crippen LogP contribution in [0.2, 0.25) is 0 Å². The standard InChI is InChI=1S/C19H31NO/c1-15-8-11-18(17(14-15)19(2,3)4)21-13-7-5-6-12-20-16-9-10-16/h8,11,14,16,20H,5-7,9-10,12-13H2,1-4H3. The van der Waals surface area contributed by atoms with E-state index in [4.69, 9.17) is 4.74 Å². The molecule has 0 unspecified atom stereocenters. The summed E-state index contributed by atoms with van der Waals surface area (Å²) in [6.07, 6.45) is 6.42. The number of benzene rings is 1. The topological polar surface area (TPSA) is 21.3 Å². The van der Waals surface area contributed by atoms with Crippen molar-refractivity contribution >= 4 is 0 Å². The van der Waals surface area contributed by atoms with Crippen molar-refractivity contribution < 1.29 is 4.74 Å². The van der Waals surface area contributed by atoms with Crippen LogP contribution in [0.3, 0.4) is 0 Å². The van der Waals surface area contributed by atoms with Gasteiger partial charge in [-0.15, -0.1) is 0 Å². The fourth-order valence-corrected chi connectivity index (χ4v) is 2.54. The molecular weight excluding hydrogens is 258 g/mol. The molecule has 0 spiro atoms. The van der Waals surface area contributed by atoms with Crippen LogP contribution in [0.15, 0.2) is 18.2 Å². The van der Waals surface area contributed by atoms with Crippen molar-refractivity contribution in [2.24, 2.45) is 0 Å². The summed E-state index contributed by atoms with van der Waals surface area (Å²) >= 11 is 0. The molecule has 1 aliphatic rings. The smallest absolute Gasteiger partial charge is 0.123 e. The van der Waals surface area contributed by atoms with Gasteiger partial charge in [0, 0.05) is 6.04 Å². The third-order valence-electron chi connectivity index (χ3n) is 4.03. The zero-order chi connectivity index (χ0) is 15.3. The Bertz CT molecular complexity index is 443. The Labute approximate surface area is 130 Å². The van der Waals surface area contributed by atoms with Crippen LogP contribution in [0, 0.1) is 6.92 Å². The number of aryl methyl sites for hydroxylation is 1. The molecule has 2 nitrogen and oxygen atoms in total. The van der Waals surface area contributed by atoms with Gasteiger partial charge in [-0.25, -0.2) is 0 Å². The molecule has 0 aliphatic heterocycles. The van der Waals surface area contributed by atoms with Crippen molar-refractivity contribution in [1.82, 2.24) is 5.32 Å². The van der Waals surface area contributed by atoms with E-state index in [1.54, 1.807) is 0 Å². The van der Waals surface area contributed by atoms with E-state index in [0.717, 1.165) is 24.8 Å². The summed E-state index contributed by atoms with van der Waals surface area (Å²) in [5.41, 5.74) is 2.76. The number of ether oxygens (including phenoxy) is 1. The maximum Gasteiger partial charge on any atom is 0.123 e. The van der Waals surface area contributed by atoms with Crippen molar-refractivity contribution in [2.75, 3.05) is 13.2 Å². The number of hydrogen-bond acceptors (Lipinski definition) is 2.